The number of nitrogens with zero attached hydrogens (tertiary/aromatic N) is 2. The molecule has 3 heteroatoms. The molecule has 0 spiro atoms. The monoisotopic (exact) mass is 232 g/mol. The predicted octanol–water partition coefficient (Wildman–Crippen LogP) is 2.89. The van der Waals surface area contributed by atoms with E-state index in [9.17, 15) is 0 Å². The van der Waals surface area contributed by atoms with Crippen molar-refractivity contribution in [2.45, 2.75) is 24.3 Å². The number of anilines is 1. The SMILES string of the molecule is CC1CN(c2cccc(C#N)c2)CC(C)S1. The maximum Gasteiger partial charge on any atom is 0.0992 e. The van der Waals surface area contributed by atoms with Crippen molar-refractivity contribution in [3.05, 3.63) is 29.8 Å². The highest BCUT2D eigenvalue weighted by Crippen LogP contribution is 2.28. The molecule has 0 N–H and O–H groups in total. The lowest BCUT2D eigenvalue weighted by Gasteiger charge is -2.36. The van der Waals surface area contributed by atoms with Crippen LogP contribution >= 0.6 is 11.8 Å². The highest BCUT2D eigenvalue weighted by atomic mass is 32.2. The largest absolute Gasteiger partial charge is 0.369 e. The zero-order valence-electron chi connectivity index (χ0n) is 9.68. The standard InChI is InChI=1S/C13H16N2S/c1-10-8-15(9-11(2)16-10)13-5-3-4-12(6-13)7-14/h3-6,10-11H,8-9H2,1-2H3. The van der Waals surface area contributed by atoms with Crippen LogP contribution in [-0.2, 0) is 0 Å². The molecule has 0 amide bonds. The maximum atomic E-state index is 8.89. The molecular weight excluding hydrogens is 216 g/mol. The summed E-state index contributed by atoms with van der Waals surface area (Å²) in [5.41, 5.74) is 1.93. The fourth-order valence-corrected chi connectivity index (χ4v) is 3.49. The summed E-state index contributed by atoms with van der Waals surface area (Å²) in [6.45, 7) is 6.68. The summed E-state index contributed by atoms with van der Waals surface area (Å²) >= 11 is 2.04. The minimum Gasteiger partial charge on any atom is -0.369 e. The molecule has 1 fully saturated rings. The predicted molar refractivity (Wildman–Crippen MR) is 69.9 cm³/mol. The Morgan fingerprint density at radius 2 is 2.00 bits per heavy atom. The van der Waals surface area contributed by atoms with Crippen LogP contribution in [0.5, 0.6) is 0 Å². The van der Waals surface area contributed by atoms with Crippen LogP contribution in [0, 0.1) is 11.3 Å². The normalized spacial score (nSPS) is 25.2. The van der Waals surface area contributed by atoms with Crippen molar-refractivity contribution in [2.75, 3.05) is 18.0 Å². The summed E-state index contributed by atoms with van der Waals surface area (Å²) in [6.07, 6.45) is 0. The summed E-state index contributed by atoms with van der Waals surface area (Å²) in [6, 6.07) is 10.1. The molecule has 1 heterocycles. The molecule has 84 valence electrons. The van der Waals surface area contributed by atoms with Gasteiger partial charge in [-0.1, -0.05) is 19.9 Å². The fourth-order valence-electron chi connectivity index (χ4n) is 2.16. The Morgan fingerprint density at radius 1 is 1.31 bits per heavy atom. The number of benzene rings is 1. The van der Waals surface area contributed by atoms with Crippen LogP contribution in [0.2, 0.25) is 0 Å². The number of hydrogen-bond acceptors (Lipinski definition) is 3. The molecule has 2 nitrogen and oxygen atoms in total. The molecule has 0 bridgehead atoms. The van der Waals surface area contributed by atoms with Crippen LogP contribution < -0.4 is 4.90 Å². The average molecular weight is 232 g/mol. The highest BCUT2D eigenvalue weighted by molar-refractivity contribution is 8.00. The van der Waals surface area contributed by atoms with E-state index in [4.69, 9.17) is 5.26 Å². The zero-order chi connectivity index (χ0) is 11.5. The van der Waals surface area contributed by atoms with Gasteiger partial charge in [0.15, 0.2) is 0 Å². The molecule has 1 saturated heterocycles. The van der Waals surface area contributed by atoms with Crippen molar-refractivity contribution in [3.63, 3.8) is 0 Å². The number of hydrogen-bond donors (Lipinski definition) is 0. The molecule has 16 heavy (non-hydrogen) atoms. The van der Waals surface area contributed by atoms with Crippen LogP contribution in [0.15, 0.2) is 24.3 Å². The van der Waals surface area contributed by atoms with Crippen molar-refractivity contribution >= 4 is 17.4 Å². The van der Waals surface area contributed by atoms with Crippen LogP contribution in [0.4, 0.5) is 5.69 Å². The van der Waals surface area contributed by atoms with E-state index in [1.54, 1.807) is 0 Å². The molecule has 0 radical (unpaired) electrons. The molecule has 0 saturated carbocycles. The van der Waals surface area contributed by atoms with E-state index in [0.29, 0.717) is 10.5 Å². The lowest BCUT2D eigenvalue weighted by Crippen LogP contribution is -2.40. The van der Waals surface area contributed by atoms with Gasteiger partial charge in [-0.25, -0.2) is 0 Å². The molecule has 2 rings (SSSR count). The quantitative estimate of drug-likeness (QED) is 0.745. The first-order valence-electron chi connectivity index (χ1n) is 5.59. The summed E-state index contributed by atoms with van der Waals surface area (Å²) in [5.74, 6) is 0. The van der Waals surface area contributed by atoms with Crippen LogP contribution in [0.3, 0.4) is 0 Å². The van der Waals surface area contributed by atoms with Crippen molar-refractivity contribution in [1.82, 2.24) is 0 Å². The molecule has 1 aliphatic rings. The van der Waals surface area contributed by atoms with Gasteiger partial charge in [0.25, 0.3) is 0 Å². The minimum absolute atomic E-state index is 0.662. The second kappa shape index (κ2) is 4.80. The van der Waals surface area contributed by atoms with E-state index >= 15 is 0 Å². The van der Waals surface area contributed by atoms with Crippen molar-refractivity contribution in [1.29, 1.82) is 5.26 Å². The third-order valence-electron chi connectivity index (χ3n) is 2.76. The summed E-state index contributed by atoms with van der Waals surface area (Å²) in [4.78, 5) is 2.38. The topological polar surface area (TPSA) is 27.0 Å². The second-order valence-electron chi connectivity index (χ2n) is 4.32. The third kappa shape index (κ3) is 2.51. The Kier molecular flexibility index (Phi) is 3.40. The van der Waals surface area contributed by atoms with Gasteiger partial charge in [-0.05, 0) is 18.2 Å². The first kappa shape index (κ1) is 11.3. The van der Waals surface area contributed by atoms with Crippen LogP contribution in [-0.4, -0.2) is 23.6 Å². The van der Waals surface area contributed by atoms with Gasteiger partial charge in [0.05, 0.1) is 11.6 Å². The molecule has 0 aromatic heterocycles. The van der Waals surface area contributed by atoms with Crippen molar-refractivity contribution < 1.29 is 0 Å². The molecular formula is C13H16N2S. The maximum absolute atomic E-state index is 8.89. The first-order valence-corrected chi connectivity index (χ1v) is 6.54. The molecule has 2 atom stereocenters. The number of thioether (sulfide) groups is 1. The lowest BCUT2D eigenvalue weighted by atomic mass is 10.2. The van der Waals surface area contributed by atoms with Gasteiger partial charge in [-0.3, -0.25) is 0 Å². The first-order chi connectivity index (χ1) is 7.69. The Morgan fingerprint density at radius 3 is 2.62 bits per heavy atom. The Labute approximate surface area is 101 Å². The van der Waals surface area contributed by atoms with E-state index < -0.39 is 0 Å². The van der Waals surface area contributed by atoms with Gasteiger partial charge in [0.2, 0.25) is 0 Å². The summed E-state index contributed by atoms with van der Waals surface area (Å²) in [5, 5.41) is 10.2. The number of rotatable bonds is 1. The summed E-state index contributed by atoms with van der Waals surface area (Å²) in [7, 11) is 0. The Balaban J connectivity index is 2.20. The van der Waals surface area contributed by atoms with Gasteiger partial charge in [-0.2, -0.15) is 17.0 Å². The van der Waals surface area contributed by atoms with Gasteiger partial charge in [0.1, 0.15) is 0 Å². The van der Waals surface area contributed by atoms with E-state index in [0.717, 1.165) is 18.7 Å². The van der Waals surface area contributed by atoms with Crippen molar-refractivity contribution in [3.8, 4) is 6.07 Å². The fraction of sp³-hybridized carbons (Fsp3) is 0.462. The van der Waals surface area contributed by atoms with Gasteiger partial charge in [0, 0.05) is 29.3 Å². The second-order valence-corrected chi connectivity index (χ2v) is 6.21. The van der Waals surface area contributed by atoms with E-state index in [1.807, 2.05) is 30.0 Å². The molecule has 1 aromatic carbocycles. The summed E-state index contributed by atoms with van der Waals surface area (Å²) < 4.78 is 0. The van der Waals surface area contributed by atoms with E-state index in [2.05, 4.69) is 30.9 Å². The number of nitriles is 1. The molecule has 0 aliphatic carbocycles. The van der Waals surface area contributed by atoms with E-state index in [-0.39, 0.29) is 0 Å². The van der Waals surface area contributed by atoms with E-state index in [1.165, 1.54) is 5.69 Å². The average Bonchev–Trinajstić information content (AvgIpc) is 2.28. The highest BCUT2D eigenvalue weighted by Gasteiger charge is 2.22. The van der Waals surface area contributed by atoms with Crippen molar-refractivity contribution in [2.24, 2.45) is 0 Å². The minimum atomic E-state index is 0.662. The molecule has 1 aromatic rings. The molecule has 1 aliphatic heterocycles. The Bertz CT molecular complexity index is 401. The van der Waals surface area contributed by atoms with Gasteiger partial charge >= 0.3 is 0 Å². The molecule has 2 unspecified atom stereocenters. The third-order valence-corrected chi connectivity index (χ3v) is 3.99. The lowest BCUT2D eigenvalue weighted by molar-refractivity contribution is 0.728. The van der Waals surface area contributed by atoms with Gasteiger partial charge in [-0.15, -0.1) is 0 Å². The van der Waals surface area contributed by atoms with Crippen LogP contribution in [0.25, 0.3) is 0 Å². The zero-order valence-corrected chi connectivity index (χ0v) is 10.5. The van der Waals surface area contributed by atoms with Crippen LogP contribution in [0.1, 0.15) is 19.4 Å². The Hall–Kier alpha value is -1.14. The smallest absolute Gasteiger partial charge is 0.0992 e. The van der Waals surface area contributed by atoms with Gasteiger partial charge < -0.3 is 4.90 Å².